The van der Waals surface area contributed by atoms with E-state index in [1.807, 2.05) is 30.3 Å². The lowest BCUT2D eigenvalue weighted by molar-refractivity contribution is -0.116. The third kappa shape index (κ3) is 5.11. The molecule has 0 spiro atoms. The molecule has 11 nitrogen and oxygen atoms in total. The molecule has 2 N–H and O–H groups in total. The summed E-state index contributed by atoms with van der Waals surface area (Å²) in [6.45, 7) is 0. The zero-order valence-corrected chi connectivity index (χ0v) is 23.5. The number of halogens is 3. The molecule has 2 aliphatic carbocycles. The first-order chi connectivity index (χ1) is 21.8. The lowest BCUT2D eigenvalue weighted by Gasteiger charge is -2.34. The van der Waals surface area contributed by atoms with Crippen LogP contribution in [0.5, 0.6) is 0 Å². The maximum Gasteiger partial charge on any atom is 0.317 e. The molecule has 0 saturated heterocycles. The summed E-state index contributed by atoms with van der Waals surface area (Å²) in [5.41, 5.74) is 2.83. The van der Waals surface area contributed by atoms with Crippen LogP contribution in [0.2, 0.25) is 0 Å². The summed E-state index contributed by atoms with van der Waals surface area (Å²) >= 11 is 0. The van der Waals surface area contributed by atoms with E-state index in [9.17, 15) is 18.0 Å². The van der Waals surface area contributed by atoms with Gasteiger partial charge in [-0.3, -0.25) is 9.48 Å². The minimum Gasteiger partial charge on any atom is -0.403 e. The van der Waals surface area contributed by atoms with Crippen molar-refractivity contribution in [1.29, 1.82) is 0 Å². The molecule has 2 aromatic carbocycles. The summed E-state index contributed by atoms with van der Waals surface area (Å²) in [5.74, 6) is -2.84. The number of benzene rings is 2. The van der Waals surface area contributed by atoms with Crippen molar-refractivity contribution in [3.63, 3.8) is 0 Å². The van der Waals surface area contributed by atoms with Crippen LogP contribution in [0, 0.1) is 5.82 Å². The van der Waals surface area contributed by atoms with E-state index in [1.165, 1.54) is 10.7 Å². The fraction of sp³-hybridized carbons (Fsp3) is 0.258. The Bertz CT molecular complexity index is 1940. The van der Waals surface area contributed by atoms with Crippen molar-refractivity contribution in [3.05, 3.63) is 89.9 Å². The number of hydrogen-bond acceptors (Lipinski definition) is 9. The Labute approximate surface area is 253 Å². The van der Waals surface area contributed by atoms with Crippen LogP contribution in [0.4, 0.5) is 24.9 Å². The third-order valence-corrected chi connectivity index (χ3v) is 8.05. The van der Waals surface area contributed by atoms with Crippen molar-refractivity contribution in [2.75, 3.05) is 10.6 Å². The van der Waals surface area contributed by atoms with Gasteiger partial charge in [-0.2, -0.15) is 5.10 Å². The van der Waals surface area contributed by atoms with Crippen LogP contribution in [-0.4, -0.2) is 53.7 Å². The van der Waals surface area contributed by atoms with Gasteiger partial charge in [0.05, 0.1) is 23.0 Å². The highest BCUT2D eigenvalue weighted by Gasteiger charge is 2.47. The summed E-state index contributed by atoms with van der Waals surface area (Å²) in [6.07, 6.45) is 5.05. The predicted molar refractivity (Wildman–Crippen MR) is 156 cm³/mol. The van der Waals surface area contributed by atoms with Gasteiger partial charge in [-0.1, -0.05) is 47.6 Å². The number of carbonyl (C=O) groups excluding carboxylic acids is 1. The topological polar surface area (TPSA) is 136 Å². The number of rotatable bonds is 7. The van der Waals surface area contributed by atoms with Crippen molar-refractivity contribution in [2.24, 2.45) is 4.99 Å². The number of alkyl halides is 2. The predicted octanol–water partition coefficient (Wildman–Crippen LogP) is 5.60. The molecule has 14 heteroatoms. The standard InChI is InChI=1S/C31H24F3N9O2/c32-22-8-4-7-20-23(16-5-2-1-3-6-16)37-27(28(44)38-25(20)22)39-30-41-40-29(45-30)21-15-43(19-11-31(33,34)12-19)42-24(21)18-13-35-26(36-14-18)17-9-10-17/h1-8,13-15,17,19,27H,9-12H2,(H,38,44)(H,39,41)/t27-/m1/s1. The minimum absolute atomic E-state index is 0.00849. The van der Waals surface area contributed by atoms with E-state index < -0.39 is 29.9 Å². The third-order valence-electron chi connectivity index (χ3n) is 8.05. The Balaban J connectivity index is 1.13. The van der Waals surface area contributed by atoms with E-state index in [-0.39, 0.29) is 30.4 Å². The van der Waals surface area contributed by atoms with Gasteiger partial charge in [-0.25, -0.2) is 28.1 Å². The number of nitrogens with one attached hydrogen (secondary N) is 2. The van der Waals surface area contributed by atoms with Crippen LogP contribution >= 0.6 is 0 Å². The van der Waals surface area contributed by atoms with E-state index in [4.69, 9.17) is 4.42 Å². The molecular weight excluding hydrogens is 587 g/mol. The van der Waals surface area contributed by atoms with Crippen LogP contribution in [0.3, 0.4) is 0 Å². The van der Waals surface area contributed by atoms with Gasteiger partial charge in [0.1, 0.15) is 17.3 Å². The molecule has 0 radical (unpaired) electrons. The molecule has 5 aromatic rings. The number of hydrogen-bond donors (Lipinski definition) is 2. The number of para-hydroxylation sites is 1. The molecule has 2 saturated carbocycles. The summed E-state index contributed by atoms with van der Waals surface area (Å²) in [7, 11) is 0. The van der Waals surface area contributed by atoms with E-state index in [1.54, 1.807) is 30.7 Å². The molecule has 226 valence electrons. The van der Waals surface area contributed by atoms with Gasteiger partial charge in [0.15, 0.2) is 0 Å². The van der Waals surface area contributed by atoms with Gasteiger partial charge < -0.3 is 15.1 Å². The van der Waals surface area contributed by atoms with Gasteiger partial charge in [0.2, 0.25) is 6.17 Å². The van der Waals surface area contributed by atoms with E-state index in [0.29, 0.717) is 39.6 Å². The zero-order chi connectivity index (χ0) is 30.7. The summed E-state index contributed by atoms with van der Waals surface area (Å²) in [4.78, 5) is 26.8. The first-order valence-electron chi connectivity index (χ1n) is 14.4. The van der Waals surface area contributed by atoms with Gasteiger partial charge in [-0.15, -0.1) is 5.10 Å². The van der Waals surface area contributed by atoms with Gasteiger partial charge in [-0.05, 0) is 18.9 Å². The molecule has 1 amide bonds. The maximum absolute atomic E-state index is 14.8. The maximum atomic E-state index is 14.8. The minimum atomic E-state index is -2.74. The van der Waals surface area contributed by atoms with Crippen molar-refractivity contribution in [2.45, 2.75) is 49.7 Å². The van der Waals surface area contributed by atoms with Crippen molar-refractivity contribution in [1.82, 2.24) is 29.9 Å². The van der Waals surface area contributed by atoms with Crippen molar-refractivity contribution < 1.29 is 22.4 Å². The van der Waals surface area contributed by atoms with Gasteiger partial charge in [0, 0.05) is 54.0 Å². The second-order valence-corrected chi connectivity index (χ2v) is 11.3. The highest BCUT2D eigenvalue weighted by Crippen LogP contribution is 2.46. The van der Waals surface area contributed by atoms with E-state index in [0.717, 1.165) is 18.7 Å². The molecule has 2 fully saturated rings. The van der Waals surface area contributed by atoms with Crippen LogP contribution < -0.4 is 10.6 Å². The molecule has 3 aromatic heterocycles. The summed E-state index contributed by atoms with van der Waals surface area (Å²) in [6, 6.07) is 12.9. The average Bonchev–Trinajstić information content (AvgIpc) is 3.66. The summed E-state index contributed by atoms with van der Waals surface area (Å²) in [5, 5.41) is 18.3. The number of benzodiazepines with no additional fused rings is 1. The highest BCUT2D eigenvalue weighted by atomic mass is 19.3. The molecule has 0 unspecified atom stereocenters. The van der Waals surface area contributed by atoms with E-state index >= 15 is 0 Å². The smallest absolute Gasteiger partial charge is 0.317 e. The van der Waals surface area contributed by atoms with Gasteiger partial charge in [0.25, 0.3) is 17.7 Å². The molecular formula is C31H24F3N9O2. The number of fused-ring (bicyclic) bond motifs is 1. The van der Waals surface area contributed by atoms with Crippen molar-refractivity contribution >= 4 is 23.3 Å². The highest BCUT2D eigenvalue weighted by molar-refractivity contribution is 6.19. The average molecular weight is 612 g/mol. The lowest BCUT2D eigenvalue weighted by atomic mass is 9.88. The lowest BCUT2D eigenvalue weighted by Crippen LogP contribution is -2.37. The number of anilines is 2. The Morgan fingerprint density at radius 1 is 0.956 bits per heavy atom. The van der Waals surface area contributed by atoms with Crippen LogP contribution in [0.25, 0.3) is 22.7 Å². The molecule has 45 heavy (non-hydrogen) atoms. The quantitative estimate of drug-likeness (QED) is 0.243. The zero-order valence-electron chi connectivity index (χ0n) is 23.5. The monoisotopic (exact) mass is 611 g/mol. The second-order valence-electron chi connectivity index (χ2n) is 11.3. The summed E-state index contributed by atoms with van der Waals surface area (Å²) < 4.78 is 49.7. The first kappa shape index (κ1) is 27.2. The number of nitrogens with zero attached hydrogens (tertiary/aromatic N) is 7. The molecule has 8 rings (SSSR count). The Kier molecular flexibility index (Phi) is 6.25. The molecule has 4 heterocycles. The van der Waals surface area contributed by atoms with Crippen LogP contribution in [-0.2, 0) is 4.79 Å². The second kappa shape index (κ2) is 10.4. The van der Waals surface area contributed by atoms with Crippen LogP contribution in [0.1, 0.15) is 54.6 Å². The van der Waals surface area contributed by atoms with Crippen molar-refractivity contribution in [3.8, 4) is 22.7 Å². The fourth-order valence-corrected chi connectivity index (χ4v) is 5.51. The Morgan fingerprint density at radius 3 is 2.47 bits per heavy atom. The van der Waals surface area contributed by atoms with E-state index in [2.05, 4.69) is 40.9 Å². The normalized spacial score (nSPS) is 19.2. The number of aromatic nitrogens is 6. The van der Waals surface area contributed by atoms with Gasteiger partial charge >= 0.3 is 6.01 Å². The largest absolute Gasteiger partial charge is 0.403 e. The number of amides is 1. The first-order valence-corrected chi connectivity index (χ1v) is 14.4. The van der Waals surface area contributed by atoms with Crippen LogP contribution in [0.15, 0.2) is 76.5 Å². The fourth-order valence-electron chi connectivity index (χ4n) is 5.51. The molecule has 3 aliphatic rings. The molecule has 1 atom stereocenters. The molecule has 1 aliphatic heterocycles. The molecule has 0 bridgehead atoms. The SMILES string of the molecule is O=C1Nc2c(F)cccc2C(c2ccccc2)=N[C@@H]1Nc1nnc(-c2cn(C3CC(F)(F)C3)nc2-c2cnc(C3CC3)nc2)o1. The number of aliphatic imine (C=N–C) groups is 1. The Morgan fingerprint density at radius 2 is 1.73 bits per heavy atom. The number of carbonyl (C=O) groups is 1. The Hall–Kier alpha value is -5.40.